The van der Waals surface area contributed by atoms with Gasteiger partial charge in [0, 0.05) is 18.3 Å². The fourth-order valence-corrected chi connectivity index (χ4v) is 1.23. The first-order valence-corrected chi connectivity index (χ1v) is 5.18. The van der Waals surface area contributed by atoms with Crippen molar-refractivity contribution in [2.45, 2.75) is 32.2 Å². The van der Waals surface area contributed by atoms with Crippen LogP contribution in [0.15, 0.2) is 12.3 Å². The first kappa shape index (κ1) is 14.9. The van der Waals surface area contributed by atoms with Gasteiger partial charge in [-0.2, -0.15) is 5.10 Å². The number of nitrogens with zero attached hydrogens (tertiary/aromatic N) is 1. The minimum absolute atomic E-state index is 0. The molecule has 0 saturated carbocycles. The topological polar surface area (TPSA) is 83.8 Å². The van der Waals surface area contributed by atoms with Crippen LogP contribution in [-0.4, -0.2) is 28.2 Å². The minimum Gasteiger partial charge on any atom is -0.349 e. The molecule has 4 N–H and O–H groups in total. The second-order valence-corrected chi connectivity index (χ2v) is 3.72. The monoisotopic (exact) mass is 246 g/mol. The zero-order valence-corrected chi connectivity index (χ0v) is 10.4. The highest BCUT2D eigenvalue weighted by Gasteiger charge is 2.21. The van der Waals surface area contributed by atoms with Crippen molar-refractivity contribution >= 4 is 18.3 Å². The maximum Gasteiger partial charge on any atom is 0.269 e. The summed E-state index contributed by atoms with van der Waals surface area (Å²) in [7, 11) is 0. The van der Waals surface area contributed by atoms with Crippen molar-refractivity contribution < 1.29 is 4.79 Å². The molecule has 1 aromatic heterocycles. The van der Waals surface area contributed by atoms with Crippen LogP contribution in [0.1, 0.15) is 37.2 Å². The standard InChI is InChI=1S/C10H18N4O.ClH/c1-3-10(11,4-2)7-12-9(15)8-5-6-13-14-8;/h5-6H,3-4,7,11H2,1-2H3,(H,12,15)(H,13,14);1H. The molecule has 0 unspecified atom stereocenters. The Balaban J connectivity index is 0.00000225. The molecular weight excluding hydrogens is 228 g/mol. The quantitative estimate of drug-likeness (QED) is 0.727. The van der Waals surface area contributed by atoms with Crippen molar-refractivity contribution in [3.05, 3.63) is 18.0 Å². The Morgan fingerprint density at radius 2 is 2.19 bits per heavy atom. The smallest absolute Gasteiger partial charge is 0.269 e. The number of halogens is 1. The lowest BCUT2D eigenvalue weighted by atomic mass is 9.94. The molecule has 0 aromatic carbocycles. The summed E-state index contributed by atoms with van der Waals surface area (Å²) in [5, 5.41) is 9.11. The average Bonchev–Trinajstić information content (AvgIpc) is 2.79. The summed E-state index contributed by atoms with van der Waals surface area (Å²) in [6, 6.07) is 1.63. The van der Waals surface area contributed by atoms with Crippen LogP contribution >= 0.6 is 12.4 Å². The van der Waals surface area contributed by atoms with Gasteiger partial charge >= 0.3 is 0 Å². The second-order valence-electron chi connectivity index (χ2n) is 3.72. The van der Waals surface area contributed by atoms with Gasteiger partial charge in [0.25, 0.3) is 5.91 Å². The molecule has 0 fully saturated rings. The molecule has 0 radical (unpaired) electrons. The number of nitrogens with one attached hydrogen (secondary N) is 2. The number of nitrogens with two attached hydrogens (primary N) is 1. The molecule has 0 aliphatic carbocycles. The maximum atomic E-state index is 11.5. The fourth-order valence-electron chi connectivity index (χ4n) is 1.23. The van der Waals surface area contributed by atoms with Gasteiger partial charge in [-0.15, -0.1) is 12.4 Å². The lowest BCUT2D eigenvalue weighted by Gasteiger charge is -2.26. The number of carbonyl (C=O) groups is 1. The van der Waals surface area contributed by atoms with Crippen LogP contribution in [0.2, 0.25) is 0 Å². The van der Waals surface area contributed by atoms with E-state index in [0.29, 0.717) is 12.2 Å². The van der Waals surface area contributed by atoms with Crippen molar-refractivity contribution in [1.82, 2.24) is 15.5 Å². The van der Waals surface area contributed by atoms with Crippen molar-refractivity contribution in [3.63, 3.8) is 0 Å². The second kappa shape index (κ2) is 6.50. The van der Waals surface area contributed by atoms with Crippen LogP contribution in [0.25, 0.3) is 0 Å². The molecule has 16 heavy (non-hydrogen) atoms. The Kier molecular flexibility index (Phi) is 6.06. The molecular formula is C10H19ClN4O. The third-order valence-electron chi connectivity index (χ3n) is 2.75. The number of carbonyl (C=O) groups excluding carboxylic acids is 1. The van der Waals surface area contributed by atoms with Crippen LogP contribution in [-0.2, 0) is 0 Å². The average molecular weight is 247 g/mol. The predicted octanol–water partition coefficient (Wildman–Crippen LogP) is 1.08. The molecule has 1 aromatic rings. The van der Waals surface area contributed by atoms with Gasteiger partial charge in [0.15, 0.2) is 0 Å². The zero-order valence-electron chi connectivity index (χ0n) is 9.62. The zero-order chi connectivity index (χ0) is 11.3. The summed E-state index contributed by atoms with van der Waals surface area (Å²) in [6.45, 7) is 4.52. The van der Waals surface area contributed by atoms with E-state index >= 15 is 0 Å². The Hall–Kier alpha value is -1.07. The van der Waals surface area contributed by atoms with E-state index < -0.39 is 0 Å². The Morgan fingerprint density at radius 3 is 2.62 bits per heavy atom. The van der Waals surface area contributed by atoms with E-state index in [9.17, 15) is 4.79 Å². The summed E-state index contributed by atoms with van der Waals surface area (Å²) in [6.07, 6.45) is 3.23. The van der Waals surface area contributed by atoms with Crippen LogP contribution < -0.4 is 11.1 Å². The molecule has 0 spiro atoms. The van der Waals surface area contributed by atoms with Crippen LogP contribution in [0.3, 0.4) is 0 Å². The molecule has 6 heteroatoms. The summed E-state index contributed by atoms with van der Waals surface area (Å²) in [5.41, 5.74) is 6.21. The Morgan fingerprint density at radius 1 is 1.56 bits per heavy atom. The van der Waals surface area contributed by atoms with E-state index in [1.807, 2.05) is 13.8 Å². The summed E-state index contributed by atoms with van der Waals surface area (Å²) in [5.74, 6) is -0.163. The van der Waals surface area contributed by atoms with E-state index in [4.69, 9.17) is 5.73 Å². The molecule has 92 valence electrons. The van der Waals surface area contributed by atoms with E-state index in [1.165, 1.54) is 0 Å². The van der Waals surface area contributed by atoms with Gasteiger partial charge in [-0.1, -0.05) is 13.8 Å². The molecule has 0 aliphatic heterocycles. The van der Waals surface area contributed by atoms with Gasteiger partial charge in [-0.3, -0.25) is 9.89 Å². The van der Waals surface area contributed by atoms with Crippen molar-refractivity contribution in [2.24, 2.45) is 5.73 Å². The van der Waals surface area contributed by atoms with Gasteiger partial charge < -0.3 is 11.1 Å². The Labute approximate surface area is 102 Å². The molecule has 0 bridgehead atoms. The van der Waals surface area contributed by atoms with E-state index in [0.717, 1.165) is 12.8 Å². The molecule has 0 aliphatic rings. The lowest BCUT2D eigenvalue weighted by molar-refractivity contribution is 0.0937. The van der Waals surface area contributed by atoms with E-state index in [2.05, 4.69) is 15.5 Å². The summed E-state index contributed by atoms with van der Waals surface area (Å²) in [4.78, 5) is 11.5. The Bertz CT molecular complexity index is 309. The highest BCUT2D eigenvalue weighted by Crippen LogP contribution is 2.09. The summed E-state index contributed by atoms with van der Waals surface area (Å²) < 4.78 is 0. The van der Waals surface area contributed by atoms with Gasteiger partial charge in [-0.25, -0.2) is 0 Å². The highest BCUT2D eigenvalue weighted by molar-refractivity contribution is 5.92. The highest BCUT2D eigenvalue weighted by atomic mass is 35.5. The third-order valence-corrected chi connectivity index (χ3v) is 2.75. The first-order valence-electron chi connectivity index (χ1n) is 5.18. The molecule has 1 heterocycles. The summed E-state index contributed by atoms with van der Waals surface area (Å²) >= 11 is 0. The minimum atomic E-state index is -0.310. The van der Waals surface area contributed by atoms with Crippen LogP contribution in [0.5, 0.6) is 0 Å². The van der Waals surface area contributed by atoms with Crippen LogP contribution in [0, 0.1) is 0 Å². The third kappa shape index (κ3) is 3.83. The number of rotatable bonds is 5. The molecule has 1 rings (SSSR count). The normalized spacial score (nSPS) is 10.7. The maximum absolute atomic E-state index is 11.5. The van der Waals surface area contributed by atoms with Gasteiger partial charge in [0.2, 0.25) is 0 Å². The fraction of sp³-hybridized carbons (Fsp3) is 0.600. The van der Waals surface area contributed by atoms with Crippen molar-refractivity contribution in [2.75, 3.05) is 6.54 Å². The predicted molar refractivity (Wildman–Crippen MR) is 65.7 cm³/mol. The van der Waals surface area contributed by atoms with E-state index in [1.54, 1.807) is 12.3 Å². The number of hydrogen-bond acceptors (Lipinski definition) is 3. The first-order chi connectivity index (χ1) is 7.11. The number of amides is 1. The molecule has 1 amide bonds. The molecule has 0 saturated heterocycles. The van der Waals surface area contributed by atoms with E-state index in [-0.39, 0.29) is 23.9 Å². The number of H-pyrrole nitrogens is 1. The van der Waals surface area contributed by atoms with Gasteiger partial charge in [-0.05, 0) is 18.9 Å². The SMILES string of the molecule is CCC(N)(CC)CNC(=O)c1ccn[nH]1.Cl. The number of aromatic amines is 1. The van der Waals surface area contributed by atoms with Crippen molar-refractivity contribution in [3.8, 4) is 0 Å². The molecule has 0 atom stereocenters. The number of aromatic nitrogens is 2. The van der Waals surface area contributed by atoms with Crippen molar-refractivity contribution in [1.29, 1.82) is 0 Å². The molecule has 5 nitrogen and oxygen atoms in total. The van der Waals surface area contributed by atoms with Gasteiger partial charge in [0.1, 0.15) is 5.69 Å². The van der Waals surface area contributed by atoms with Gasteiger partial charge in [0.05, 0.1) is 0 Å². The number of hydrogen-bond donors (Lipinski definition) is 3. The van der Waals surface area contributed by atoms with Crippen LogP contribution in [0.4, 0.5) is 0 Å². The largest absolute Gasteiger partial charge is 0.349 e. The lowest BCUT2D eigenvalue weighted by Crippen LogP contribution is -2.49.